The second-order valence-corrected chi connectivity index (χ2v) is 5.93. The van der Waals surface area contributed by atoms with E-state index in [2.05, 4.69) is 4.98 Å². The van der Waals surface area contributed by atoms with E-state index in [0.29, 0.717) is 0 Å². The van der Waals surface area contributed by atoms with Crippen molar-refractivity contribution in [2.45, 2.75) is 58.7 Å². The van der Waals surface area contributed by atoms with Gasteiger partial charge < -0.3 is 19.9 Å². The van der Waals surface area contributed by atoms with Gasteiger partial charge in [-0.15, -0.1) is 0 Å². The van der Waals surface area contributed by atoms with Crippen LogP contribution in [-0.2, 0) is 19.6 Å². The standard InChI is InChI=1S/C14H22N4O5/c1-8(19)4-16-7-15-12-11(16)13(22)18(6-10(3)21)14(23)17(12)5-9(2)20/h7-10,19-21H,4-6H2,1-3H3. The smallest absolute Gasteiger partial charge is 0.332 e. The fraction of sp³-hybridized carbons (Fsp3) is 0.643. The molecule has 128 valence electrons. The number of rotatable bonds is 6. The van der Waals surface area contributed by atoms with Gasteiger partial charge in [-0.1, -0.05) is 0 Å². The largest absolute Gasteiger partial charge is 0.392 e. The number of aromatic nitrogens is 4. The Balaban J connectivity index is 2.79. The Morgan fingerprint density at radius 2 is 1.48 bits per heavy atom. The number of aliphatic hydroxyl groups excluding tert-OH is 3. The zero-order valence-electron chi connectivity index (χ0n) is 13.4. The van der Waals surface area contributed by atoms with Crippen LogP contribution in [0.2, 0.25) is 0 Å². The number of fused-ring (bicyclic) bond motifs is 1. The molecule has 9 nitrogen and oxygen atoms in total. The van der Waals surface area contributed by atoms with Crippen molar-refractivity contribution in [2.24, 2.45) is 0 Å². The summed E-state index contributed by atoms with van der Waals surface area (Å²) in [6.07, 6.45) is -1.01. The van der Waals surface area contributed by atoms with Gasteiger partial charge in [0.1, 0.15) is 0 Å². The highest BCUT2D eigenvalue weighted by atomic mass is 16.3. The third-order valence-electron chi connectivity index (χ3n) is 3.34. The Kier molecular flexibility index (Phi) is 5.03. The van der Waals surface area contributed by atoms with Crippen LogP contribution >= 0.6 is 0 Å². The average Bonchev–Trinajstić information content (AvgIpc) is 2.82. The van der Waals surface area contributed by atoms with Gasteiger partial charge in [0, 0.05) is 0 Å². The maximum Gasteiger partial charge on any atom is 0.332 e. The van der Waals surface area contributed by atoms with E-state index < -0.39 is 29.6 Å². The monoisotopic (exact) mass is 326 g/mol. The van der Waals surface area contributed by atoms with E-state index in [1.54, 1.807) is 6.92 Å². The van der Waals surface area contributed by atoms with Crippen LogP contribution in [0.3, 0.4) is 0 Å². The SMILES string of the molecule is CC(O)Cn1c(=O)c2c(ncn2CC(C)O)n(CC(C)O)c1=O. The Labute approximate surface area is 132 Å². The Morgan fingerprint density at radius 3 is 2.00 bits per heavy atom. The lowest BCUT2D eigenvalue weighted by Crippen LogP contribution is -2.43. The summed E-state index contributed by atoms with van der Waals surface area (Å²) >= 11 is 0. The topological polar surface area (TPSA) is 123 Å². The molecule has 0 fully saturated rings. The third-order valence-corrected chi connectivity index (χ3v) is 3.34. The van der Waals surface area contributed by atoms with E-state index in [-0.39, 0.29) is 30.8 Å². The Hall–Kier alpha value is -1.97. The highest BCUT2D eigenvalue weighted by Gasteiger charge is 2.20. The Morgan fingerprint density at radius 1 is 0.957 bits per heavy atom. The maximum atomic E-state index is 12.6. The minimum atomic E-state index is -0.883. The molecule has 2 aromatic heterocycles. The molecule has 0 spiro atoms. The summed E-state index contributed by atoms with van der Waals surface area (Å²) < 4.78 is 3.61. The lowest BCUT2D eigenvalue weighted by Gasteiger charge is -2.14. The number of imidazole rings is 1. The fourth-order valence-corrected chi connectivity index (χ4v) is 2.52. The van der Waals surface area contributed by atoms with Crippen LogP contribution in [0.15, 0.2) is 15.9 Å². The first-order valence-corrected chi connectivity index (χ1v) is 7.45. The van der Waals surface area contributed by atoms with Crippen LogP contribution in [0, 0.1) is 0 Å². The minimum Gasteiger partial charge on any atom is -0.392 e. The minimum absolute atomic E-state index is 0.0267. The number of hydrogen-bond acceptors (Lipinski definition) is 6. The van der Waals surface area contributed by atoms with E-state index in [1.807, 2.05) is 0 Å². The first-order chi connectivity index (χ1) is 10.7. The number of aliphatic hydroxyl groups is 3. The van der Waals surface area contributed by atoms with Gasteiger partial charge in [-0.25, -0.2) is 9.78 Å². The van der Waals surface area contributed by atoms with Crippen LogP contribution in [-0.4, -0.2) is 52.3 Å². The molecule has 2 heterocycles. The van der Waals surface area contributed by atoms with Gasteiger partial charge in [0.05, 0.1) is 44.3 Å². The predicted octanol–water partition coefficient (Wildman–Crippen LogP) is -1.50. The van der Waals surface area contributed by atoms with Crippen LogP contribution in [0.1, 0.15) is 20.8 Å². The normalized spacial score (nSPS) is 15.7. The van der Waals surface area contributed by atoms with E-state index in [9.17, 15) is 24.9 Å². The van der Waals surface area contributed by atoms with E-state index in [4.69, 9.17) is 0 Å². The zero-order chi connectivity index (χ0) is 17.3. The lowest BCUT2D eigenvalue weighted by molar-refractivity contribution is 0.162. The molecule has 0 saturated carbocycles. The molecule has 2 rings (SSSR count). The van der Waals surface area contributed by atoms with E-state index >= 15 is 0 Å². The van der Waals surface area contributed by atoms with E-state index in [0.717, 1.165) is 4.57 Å². The van der Waals surface area contributed by atoms with Crippen LogP contribution in [0.4, 0.5) is 0 Å². The molecule has 23 heavy (non-hydrogen) atoms. The molecular weight excluding hydrogens is 304 g/mol. The van der Waals surface area contributed by atoms with Gasteiger partial charge >= 0.3 is 5.69 Å². The second kappa shape index (κ2) is 6.65. The summed E-state index contributed by atoms with van der Waals surface area (Å²) in [5.41, 5.74) is -0.896. The number of nitrogens with zero attached hydrogens (tertiary/aromatic N) is 4. The van der Waals surface area contributed by atoms with Gasteiger partial charge in [-0.2, -0.15) is 0 Å². The maximum absolute atomic E-state index is 12.6. The first-order valence-electron chi connectivity index (χ1n) is 7.45. The molecule has 3 unspecified atom stereocenters. The van der Waals surface area contributed by atoms with Gasteiger partial charge in [0.15, 0.2) is 11.2 Å². The molecule has 0 aliphatic carbocycles. The van der Waals surface area contributed by atoms with Crippen molar-refractivity contribution in [3.05, 3.63) is 27.2 Å². The molecule has 0 amide bonds. The highest BCUT2D eigenvalue weighted by molar-refractivity contribution is 5.70. The van der Waals surface area contributed by atoms with Crippen molar-refractivity contribution in [3.63, 3.8) is 0 Å². The summed E-state index contributed by atoms with van der Waals surface area (Å²) in [5, 5.41) is 28.7. The summed E-state index contributed by atoms with van der Waals surface area (Å²) in [6.45, 7) is 4.53. The van der Waals surface area contributed by atoms with Gasteiger partial charge in [-0.05, 0) is 20.8 Å². The van der Waals surface area contributed by atoms with Crippen LogP contribution < -0.4 is 11.2 Å². The molecule has 0 radical (unpaired) electrons. The van der Waals surface area contributed by atoms with Gasteiger partial charge in [0.25, 0.3) is 5.56 Å². The molecule has 0 saturated heterocycles. The molecule has 3 N–H and O–H groups in total. The fourth-order valence-electron chi connectivity index (χ4n) is 2.52. The molecule has 0 bridgehead atoms. The highest BCUT2D eigenvalue weighted by Crippen LogP contribution is 2.08. The summed E-state index contributed by atoms with van der Waals surface area (Å²) in [6, 6.07) is 0. The molecule has 0 aliphatic heterocycles. The lowest BCUT2D eigenvalue weighted by atomic mass is 10.3. The Bertz CT molecular complexity index is 800. The van der Waals surface area contributed by atoms with Crippen molar-refractivity contribution in [1.82, 2.24) is 18.7 Å². The van der Waals surface area contributed by atoms with Crippen molar-refractivity contribution in [1.29, 1.82) is 0 Å². The first kappa shape index (κ1) is 17.4. The summed E-state index contributed by atoms with van der Waals surface area (Å²) in [7, 11) is 0. The average molecular weight is 326 g/mol. The van der Waals surface area contributed by atoms with Gasteiger partial charge in [-0.3, -0.25) is 13.9 Å². The summed E-state index contributed by atoms with van der Waals surface area (Å²) in [4.78, 5) is 29.2. The molecule has 9 heteroatoms. The van der Waals surface area contributed by atoms with Crippen LogP contribution in [0.5, 0.6) is 0 Å². The molecule has 2 aromatic rings. The predicted molar refractivity (Wildman–Crippen MR) is 83.3 cm³/mol. The summed E-state index contributed by atoms with van der Waals surface area (Å²) in [5.74, 6) is 0. The molecule has 3 atom stereocenters. The molecular formula is C14H22N4O5. The zero-order valence-corrected chi connectivity index (χ0v) is 13.4. The second-order valence-electron chi connectivity index (χ2n) is 5.93. The van der Waals surface area contributed by atoms with Crippen LogP contribution in [0.25, 0.3) is 11.2 Å². The van der Waals surface area contributed by atoms with Crippen molar-refractivity contribution in [3.8, 4) is 0 Å². The van der Waals surface area contributed by atoms with Crippen molar-refractivity contribution >= 4 is 11.2 Å². The molecule has 0 aliphatic rings. The van der Waals surface area contributed by atoms with Crippen molar-refractivity contribution < 1.29 is 15.3 Å². The van der Waals surface area contributed by atoms with Gasteiger partial charge in [0.2, 0.25) is 0 Å². The van der Waals surface area contributed by atoms with Crippen molar-refractivity contribution in [2.75, 3.05) is 0 Å². The van der Waals surface area contributed by atoms with E-state index in [1.165, 1.54) is 29.3 Å². The quantitative estimate of drug-likeness (QED) is 0.594. The molecule has 0 aromatic carbocycles. The third kappa shape index (κ3) is 3.52. The number of hydrogen-bond donors (Lipinski definition) is 3.